The highest BCUT2D eigenvalue weighted by Crippen LogP contribution is 2.36. The quantitative estimate of drug-likeness (QED) is 0.310. The van der Waals surface area contributed by atoms with Crippen molar-refractivity contribution in [2.24, 2.45) is 0 Å². The van der Waals surface area contributed by atoms with Crippen molar-refractivity contribution in [1.82, 2.24) is 0 Å². The number of rotatable bonds is 7. The van der Waals surface area contributed by atoms with Crippen molar-refractivity contribution >= 4 is 34.6 Å². The van der Waals surface area contributed by atoms with Crippen molar-refractivity contribution in [3.8, 4) is 11.1 Å². The molecule has 0 radical (unpaired) electrons. The van der Waals surface area contributed by atoms with E-state index in [0.717, 1.165) is 35.6 Å². The molecule has 0 unspecified atom stereocenters. The predicted molar refractivity (Wildman–Crippen MR) is 129 cm³/mol. The lowest BCUT2D eigenvalue weighted by molar-refractivity contribution is 1.15. The van der Waals surface area contributed by atoms with Gasteiger partial charge in [0.15, 0.2) is 0 Å². The molecule has 0 heterocycles. The van der Waals surface area contributed by atoms with Gasteiger partial charge in [0.05, 0.1) is 10.0 Å². The molecule has 30 heavy (non-hydrogen) atoms. The minimum Gasteiger partial charge on any atom is -0.381 e. The Labute approximate surface area is 187 Å². The van der Waals surface area contributed by atoms with Crippen LogP contribution in [-0.4, -0.2) is 0 Å². The molecule has 0 aliphatic carbocycles. The first-order chi connectivity index (χ1) is 14.7. The Morgan fingerprint density at radius 3 is 1.27 bits per heavy atom. The lowest BCUT2D eigenvalue weighted by Gasteiger charge is -2.13. The fourth-order valence-electron chi connectivity index (χ4n) is 3.29. The molecular formula is C26H22Cl2N2. The van der Waals surface area contributed by atoms with Gasteiger partial charge in [0.25, 0.3) is 0 Å². The molecule has 150 valence electrons. The highest BCUT2D eigenvalue weighted by molar-refractivity contribution is 6.36. The van der Waals surface area contributed by atoms with E-state index in [9.17, 15) is 0 Å². The van der Waals surface area contributed by atoms with Crippen LogP contribution in [0.3, 0.4) is 0 Å². The lowest BCUT2D eigenvalue weighted by Crippen LogP contribution is -2.00. The van der Waals surface area contributed by atoms with Crippen molar-refractivity contribution in [2.45, 2.75) is 13.1 Å². The van der Waals surface area contributed by atoms with Crippen LogP contribution in [-0.2, 0) is 13.1 Å². The van der Waals surface area contributed by atoms with Crippen molar-refractivity contribution in [3.05, 3.63) is 118 Å². The maximum atomic E-state index is 6.58. The first-order valence-electron chi connectivity index (χ1n) is 9.84. The smallest absolute Gasteiger partial charge is 0.0505 e. The summed E-state index contributed by atoms with van der Waals surface area (Å²) in [5.41, 5.74) is 6.23. The summed E-state index contributed by atoms with van der Waals surface area (Å²) in [5, 5.41) is 8.15. The van der Waals surface area contributed by atoms with Crippen LogP contribution in [0.5, 0.6) is 0 Å². The van der Waals surface area contributed by atoms with Gasteiger partial charge in [0.2, 0.25) is 0 Å². The van der Waals surface area contributed by atoms with E-state index in [1.165, 1.54) is 11.1 Å². The van der Waals surface area contributed by atoms with Crippen molar-refractivity contribution in [2.75, 3.05) is 10.6 Å². The van der Waals surface area contributed by atoms with Crippen LogP contribution in [0.25, 0.3) is 11.1 Å². The second-order valence-electron chi connectivity index (χ2n) is 7.07. The summed E-state index contributed by atoms with van der Waals surface area (Å²) in [6.07, 6.45) is 0. The van der Waals surface area contributed by atoms with Gasteiger partial charge in [-0.1, -0.05) is 96.0 Å². The molecule has 0 amide bonds. The van der Waals surface area contributed by atoms with Crippen molar-refractivity contribution in [3.63, 3.8) is 0 Å². The number of benzene rings is 4. The molecule has 0 atom stereocenters. The second kappa shape index (κ2) is 9.71. The Morgan fingerprint density at radius 1 is 0.500 bits per heavy atom. The van der Waals surface area contributed by atoms with Crippen molar-refractivity contribution in [1.29, 1.82) is 0 Å². The zero-order chi connectivity index (χ0) is 20.8. The zero-order valence-electron chi connectivity index (χ0n) is 16.4. The van der Waals surface area contributed by atoms with Gasteiger partial charge < -0.3 is 10.6 Å². The summed E-state index contributed by atoms with van der Waals surface area (Å²) >= 11 is 13.2. The SMILES string of the molecule is Clc1cc(NCc2ccccc2)ccc1-c1ccc(NCc2ccccc2)cc1Cl. The lowest BCUT2D eigenvalue weighted by atomic mass is 10.0. The topological polar surface area (TPSA) is 24.1 Å². The third kappa shape index (κ3) is 5.15. The van der Waals surface area contributed by atoms with E-state index in [1.54, 1.807) is 0 Å². The standard InChI is InChI=1S/C26H22Cl2N2/c27-25-15-21(29-17-19-7-3-1-4-8-19)11-13-23(25)24-14-12-22(16-26(24)28)30-18-20-9-5-2-6-10-20/h1-16,29-30H,17-18H2. The van der Waals surface area contributed by atoms with Gasteiger partial charge in [-0.25, -0.2) is 0 Å². The fourth-order valence-corrected chi connectivity index (χ4v) is 3.85. The largest absolute Gasteiger partial charge is 0.381 e. The molecular weight excluding hydrogens is 411 g/mol. The predicted octanol–water partition coefficient (Wildman–Crippen LogP) is 7.88. The van der Waals surface area contributed by atoms with E-state index in [0.29, 0.717) is 10.0 Å². The molecule has 4 aromatic carbocycles. The molecule has 4 aromatic rings. The molecule has 0 saturated heterocycles. The second-order valence-corrected chi connectivity index (χ2v) is 7.88. The molecule has 4 heteroatoms. The minimum atomic E-state index is 0.667. The van der Waals surface area contributed by atoms with Gasteiger partial charge in [0, 0.05) is 35.6 Å². The maximum Gasteiger partial charge on any atom is 0.0505 e. The number of anilines is 2. The Kier molecular flexibility index (Phi) is 6.58. The first-order valence-corrected chi connectivity index (χ1v) is 10.6. The summed E-state index contributed by atoms with van der Waals surface area (Å²) in [5.74, 6) is 0. The van der Waals surface area contributed by atoms with Gasteiger partial charge in [-0.15, -0.1) is 0 Å². The average molecular weight is 433 g/mol. The van der Waals surface area contributed by atoms with E-state index < -0.39 is 0 Å². The Morgan fingerprint density at radius 2 is 0.900 bits per heavy atom. The highest BCUT2D eigenvalue weighted by atomic mass is 35.5. The molecule has 0 spiro atoms. The van der Waals surface area contributed by atoms with Crippen LogP contribution >= 0.6 is 23.2 Å². The molecule has 2 nitrogen and oxygen atoms in total. The summed E-state index contributed by atoms with van der Waals surface area (Å²) < 4.78 is 0. The number of hydrogen-bond donors (Lipinski definition) is 2. The molecule has 0 fully saturated rings. The molecule has 0 aliphatic rings. The van der Waals surface area contributed by atoms with Crippen LogP contribution in [0.1, 0.15) is 11.1 Å². The van der Waals surface area contributed by atoms with Crippen LogP contribution in [0, 0.1) is 0 Å². The molecule has 0 bridgehead atoms. The van der Waals surface area contributed by atoms with Crippen LogP contribution < -0.4 is 10.6 Å². The number of hydrogen-bond acceptors (Lipinski definition) is 2. The van der Waals surface area contributed by atoms with Gasteiger partial charge >= 0.3 is 0 Å². The fraction of sp³-hybridized carbons (Fsp3) is 0.0769. The molecule has 0 aliphatic heterocycles. The third-order valence-corrected chi connectivity index (χ3v) is 5.53. The van der Waals surface area contributed by atoms with Crippen LogP contribution in [0.4, 0.5) is 11.4 Å². The Bertz CT molecular complexity index is 1020. The Balaban J connectivity index is 1.45. The van der Waals surface area contributed by atoms with Crippen LogP contribution in [0.2, 0.25) is 10.0 Å². The maximum absolute atomic E-state index is 6.58. The summed E-state index contributed by atoms with van der Waals surface area (Å²) in [6.45, 7) is 1.50. The van der Waals surface area contributed by atoms with Gasteiger partial charge in [0.1, 0.15) is 0 Å². The molecule has 4 rings (SSSR count). The third-order valence-electron chi connectivity index (χ3n) is 4.91. The van der Waals surface area contributed by atoms with E-state index in [2.05, 4.69) is 34.9 Å². The summed E-state index contributed by atoms with van der Waals surface area (Å²) in [4.78, 5) is 0. The van der Waals surface area contributed by atoms with E-state index in [-0.39, 0.29) is 0 Å². The number of halogens is 2. The number of nitrogens with one attached hydrogen (secondary N) is 2. The van der Waals surface area contributed by atoms with Gasteiger partial charge in [-0.05, 0) is 35.4 Å². The van der Waals surface area contributed by atoms with Gasteiger partial charge in [-0.2, -0.15) is 0 Å². The Hall–Kier alpha value is -2.94. The van der Waals surface area contributed by atoms with Crippen LogP contribution in [0.15, 0.2) is 97.1 Å². The minimum absolute atomic E-state index is 0.667. The van der Waals surface area contributed by atoms with E-state index >= 15 is 0 Å². The average Bonchev–Trinajstić information content (AvgIpc) is 2.78. The molecule has 0 aromatic heterocycles. The normalized spacial score (nSPS) is 10.6. The summed E-state index contributed by atoms with van der Waals surface area (Å²) in [6, 6.07) is 32.5. The first kappa shape index (κ1) is 20.3. The van der Waals surface area contributed by atoms with E-state index in [4.69, 9.17) is 23.2 Å². The van der Waals surface area contributed by atoms with Gasteiger partial charge in [-0.3, -0.25) is 0 Å². The summed E-state index contributed by atoms with van der Waals surface area (Å²) in [7, 11) is 0. The highest BCUT2D eigenvalue weighted by Gasteiger charge is 2.10. The molecule has 2 N–H and O–H groups in total. The molecule has 0 saturated carbocycles. The van der Waals surface area contributed by atoms with Crippen molar-refractivity contribution < 1.29 is 0 Å². The monoisotopic (exact) mass is 432 g/mol. The van der Waals surface area contributed by atoms with E-state index in [1.807, 2.05) is 72.8 Å². The zero-order valence-corrected chi connectivity index (χ0v) is 17.9.